The molecular formula is C9H14NS2+. The topological polar surface area (TPSA) is 12.9 Å². The molecule has 0 atom stereocenters. The van der Waals surface area contributed by atoms with Crippen molar-refractivity contribution in [2.45, 2.75) is 6.42 Å². The van der Waals surface area contributed by atoms with Crippen LogP contribution in [0.4, 0.5) is 0 Å². The van der Waals surface area contributed by atoms with Crippen LogP contribution in [0, 0.1) is 0 Å². The first-order valence-corrected chi connectivity index (χ1v) is 5.91. The highest BCUT2D eigenvalue weighted by Crippen LogP contribution is 2.05. The maximum Gasteiger partial charge on any atom is 0.112 e. The summed E-state index contributed by atoms with van der Waals surface area (Å²) in [5.41, 5.74) is 1.38. The molecule has 12 heavy (non-hydrogen) atoms. The Morgan fingerprint density at radius 1 is 1.25 bits per heavy atom. The molecule has 0 saturated carbocycles. The highest BCUT2D eigenvalue weighted by atomic mass is 32.2. The normalized spacial score (nSPS) is 10.1. The number of aryl methyl sites for hydroxylation is 1. The monoisotopic (exact) mass is 200 g/mol. The molecule has 66 valence electrons. The van der Waals surface area contributed by atoms with Gasteiger partial charge in [0.1, 0.15) is 5.75 Å². The lowest BCUT2D eigenvalue weighted by molar-refractivity contribution is 1.13. The van der Waals surface area contributed by atoms with Crippen LogP contribution in [0.25, 0.3) is 0 Å². The average molecular weight is 200 g/mol. The molecular weight excluding hydrogens is 186 g/mol. The third kappa shape index (κ3) is 4.02. The van der Waals surface area contributed by atoms with Crippen LogP contribution in [0.15, 0.2) is 24.5 Å². The Morgan fingerprint density at radius 2 is 2.00 bits per heavy atom. The zero-order chi connectivity index (χ0) is 8.65. The molecule has 0 aromatic carbocycles. The number of thioether (sulfide) groups is 1. The Balaban J connectivity index is 2.16. The van der Waals surface area contributed by atoms with Crippen LogP contribution >= 0.6 is 11.8 Å². The highest BCUT2D eigenvalue weighted by Gasteiger charge is 1.92. The zero-order valence-corrected chi connectivity index (χ0v) is 8.81. The minimum Gasteiger partial charge on any atom is -0.265 e. The third-order valence-electron chi connectivity index (χ3n) is 1.53. The second-order valence-electron chi connectivity index (χ2n) is 2.47. The molecule has 0 N–H and O–H groups in total. The van der Waals surface area contributed by atoms with Crippen molar-refractivity contribution in [3.63, 3.8) is 0 Å². The standard InChI is InChI=1S/C9H13NS2/c11-6-8-12-7-3-9-1-4-10-5-2-9/h1-2,4-5,11H,3,6-8H2/p+1. The molecule has 0 unspecified atom stereocenters. The summed E-state index contributed by atoms with van der Waals surface area (Å²) in [6.07, 6.45) is 4.85. The molecule has 0 fully saturated rings. The first-order valence-electron chi connectivity index (χ1n) is 4.04. The van der Waals surface area contributed by atoms with Crippen LogP contribution in [0.2, 0.25) is 0 Å². The number of nitrogens with zero attached hydrogens (tertiary/aromatic N) is 1. The van der Waals surface area contributed by atoms with Gasteiger partial charge in [-0.05, 0) is 42.5 Å². The van der Waals surface area contributed by atoms with Gasteiger partial charge in [0.15, 0.2) is 0 Å². The van der Waals surface area contributed by atoms with Crippen LogP contribution in [0.1, 0.15) is 5.56 Å². The second kappa shape index (κ2) is 6.38. The van der Waals surface area contributed by atoms with Gasteiger partial charge in [-0.3, -0.25) is 4.98 Å². The van der Waals surface area contributed by atoms with E-state index in [0.29, 0.717) is 0 Å². The average Bonchev–Trinajstić information content (AvgIpc) is 2.14. The van der Waals surface area contributed by atoms with Crippen molar-refractivity contribution in [1.29, 1.82) is 0 Å². The summed E-state index contributed by atoms with van der Waals surface area (Å²) in [7, 11) is 0. The molecule has 0 aliphatic heterocycles. The lowest BCUT2D eigenvalue weighted by Gasteiger charge is -1.98. The van der Waals surface area contributed by atoms with Crippen molar-refractivity contribution in [2.24, 2.45) is 0 Å². The number of hydrogen-bond donors (Lipinski definition) is 0. The summed E-state index contributed by atoms with van der Waals surface area (Å²) in [5.74, 6) is 3.48. The summed E-state index contributed by atoms with van der Waals surface area (Å²) < 4.78 is 0. The van der Waals surface area contributed by atoms with Crippen LogP contribution in [-0.4, -0.2) is 22.2 Å². The van der Waals surface area contributed by atoms with Gasteiger partial charge in [0.25, 0.3) is 0 Å². The minimum atomic E-state index is 1.08. The van der Waals surface area contributed by atoms with Crippen LogP contribution < -0.4 is 0 Å². The van der Waals surface area contributed by atoms with E-state index >= 15 is 0 Å². The van der Waals surface area contributed by atoms with E-state index in [-0.39, 0.29) is 0 Å². The van der Waals surface area contributed by atoms with E-state index in [2.05, 4.69) is 29.7 Å². The largest absolute Gasteiger partial charge is 0.265 e. The van der Waals surface area contributed by atoms with Crippen LogP contribution in [0.3, 0.4) is 0 Å². The number of hydrogen-bond acceptors (Lipinski definition) is 2. The van der Waals surface area contributed by atoms with Crippen molar-refractivity contribution in [1.82, 2.24) is 4.98 Å². The van der Waals surface area contributed by atoms with Gasteiger partial charge in [-0.15, -0.1) is 0 Å². The van der Waals surface area contributed by atoms with Crippen molar-refractivity contribution >= 4 is 24.4 Å². The molecule has 0 saturated heterocycles. The maximum atomic E-state index is 3.98. The van der Waals surface area contributed by atoms with Crippen LogP contribution in [0.5, 0.6) is 0 Å². The highest BCUT2D eigenvalue weighted by molar-refractivity contribution is 7.99. The molecule has 0 aliphatic rings. The minimum absolute atomic E-state index is 1.08. The predicted molar refractivity (Wildman–Crippen MR) is 60.3 cm³/mol. The molecule has 1 nitrogen and oxygen atoms in total. The quantitative estimate of drug-likeness (QED) is 0.526. The SMILES string of the molecule is [SH2+]CCSCCc1ccncc1. The number of rotatable bonds is 5. The van der Waals surface area contributed by atoms with Gasteiger partial charge in [-0.2, -0.15) is 11.8 Å². The Bertz CT molecular complexity index is 201. The van der Waals surface area contributed by atoms with Gasteiger partial charge in [0.2, 0.25) is 0 Å². The molecule has 1 aromatic rings. The van der Waals surface area contributed by atoms with Crippen molar-refractivity contribution in [2.75, 3.05) is 17.3 Å². The van der Waals surface area contributed by atoms with E-state index in [4.69, 9.17) is 0 Å². The third-order valence-corrected chi connectivity index (χ3v) is 3.13. The fourth-order valence-corrected chi connectivity index (χ4v) is 2.08. The van der Waals surface area contributed by atoms with E-state index in [1.54, 1.807) is 0 Å². The van der Waals surface area contributed by atoms with Gasteiger partial charge in [0.05, 0.1) is 0 Å². The lowest BCUT2D eigenvalue weighted by Crippen LogP contribution is -1.91. The molecule has 3 heteroatoms. The maximum absolute atomic E-state index is 3.98. The lowest BCUT2D eigenvalue weighted by atomic mass is 10.2. The Kier molecular flexibility index (Phi) is 5.28. The summed E-state index contributed by atoms with van der Waals surface area (Å²) in [6, 6.07) is 4.16. The predicted octanol–water partition coefficient (Wildman–Crippen LogP) is 1.37. The fourth-order valence-electron chi connectivity index (χ4n) is 0.914. The fraction of sp³-hybridized carbons (Fsp3) is 0.444. The molecule has 0 radical (unpaired) electrons. The van der Waals surface area contributed by atoms with Gasteiger partial charge < -0.3 is 0 Å². The Morgan fingerprint density at radius 3 is 2.67 bits per heavy atom. The zero-order valence-electron chi connectivity index (χ0n) is 6.99. The van der Waals surface area contributed by atoms with Gasteiger partial charge in [0, 0.05) is 18.1 Å². The first kappa shape index (κ1) is 9.93. The second-order valence-corrected chi connectivity index (χ2v) is 4.19. The van der Waals surface area contributed by atoms with Crippen LogP contribution in [-0.2, 0) is 19.0 Å². The van der Waals surface area contributed by atoms with Crippen molar-refractivity contribution < 1.29 is 0 Å². The molecule has 1 heterocycles. The van der Waals surface area contributed by atoms with Gasteiger partial charge in [-0.25, -0.2) is 0 Å². The van der Waals surface area contributed by atoms with E-state index < -0.39 is 0 Å². The number of aromatic nitrogens is 1. The Hall–Kier alpha value is -0.150. The molecule has 0 bridgehead atoms. The number of pyridine rings is 1. The van der Waals surface area contributed by atoms with Crippen molar-refractivity contribution in [3.8, 4) is 0 Å². The van der Waals surface area contributed by atoms with Crippen molar-refractivity contribution in [3.05, 3.63) is 30.1 Å². The summed E-state index contributed by atoms with van der Waals surface area (Å²) >= 11 is 5.43. The molecule has 0 spiro atoms. The molecule has 1 rings (SSSR count). The van der Waals surface area contributed by atoms with E-state index in [1.165, 1.54) is 17.1 Å². The molecule has 0 amide bonds. The summed E-state index contributed by atoms with van der Waals surface area (Å²) in [6.45, 7) is 0. The van der Waals surface area contributed by atoms with Gasteiger partial charge >= 0.3 is 0 Å². The first-order chi connectivity index (χ1) is 5.93. The van der Waals surface area contributed by atoms with E-state index in [0.717, 1.165) is 12.2 Å². The Labute approximate surface area is 83.4 Å². The van der Waals surface area contributed by atoms with E-state index in [9.17, 15) is 0 Å². The molecule has 0 aliphatic carbocycles. The smallest absolute Gasteiger partial charge is 0.112 e. The van der Waals surface area contributed by atoms with E-state index in [1.807, 2.05) is 24.2 Å². The summed E-state index contributed by atoms with van der Waals surface area (Å²) in [5, 5.41) is 0. The summed E-state index contributed by atoms with van der Waals surface area (Å²) in [4.78, 5) is 3.98. The van der Waals surface area contributed by atoms with Gasteiger partial charge in [-0.1, -0.05) is 0 Å². The molecule has 1 aromatic heterocycles.